The summed E-state index contributed by atoms with van der Waals surface area (Å²) < 4.78 is 5.84. The third-order valence-corrected chi connectivity index (χ3v) is 8.98. The van der Waals surface area contributed by atoms with E-state index in [0.29, 0.717) is 43.8 Å². The molecule has 0 aliphatic carbocycles. The highest BCUT2D eigenvalue weighted by Gasteiger charge is 2.37. The smallest absolute Gasteiger partial charge is 0.322 e. The number of aromatic nitrogens is 3. The number of anilines is 1. The van der Waals surface area contributed by atoms with Crippen LogP contribution in [0.3, 0.4) is 0 Å². The summed E-state index contributed by atoms with van der Waals surface area (Å²) in [7, 11) is 0. The SMILES string of the molecule is O=C(Nc1snnc1C(=O)N1CCC(N2CCCCC2)CC1)N1C[C@H]2C[C@@H](C1)c1cccc(=O)n1C2. The van der Waals surface area contributed by atoms with E-state index in [9.17, 15) is 14.4 Å². The van der Waals surface area contributed by atoms with Crippen molar-refractivity contribution >= 4 is 28.5 Å². The van der Waals surface area contributed by atoms with E-state index in [0.717, 1.165) is 36.5 Å². The van der Waals surface area contributed by atoms with Crippen LogP contribution in [0.5, 0.6) is 0 Å². The molecule has 0 radical (unpaired) electrons. The van der Waals surface area contributed by atoms with Gasteiger partial charge < -0.3 is 19.3 Å². The Balaban J connectivity index is 1.08. The van der Waals surface area contributed by atoms with Gasteiger partial charge in [0.15, 0.2) is 10.7 Å². The maximum atomic E-state index is 13.3. The fourth-order valence-electron chi connectivity index (χ4n) is 6.52. The van der Waals surface area contributed by atoms with Crippen LogP contribution in [-0.2, 0) is 6.54 Å². The number of rotatable bonds is 3. The first kappa shape index (κ1) is 23.6. The highest BCUT2D eigenvalue weighted by molar-refractivity contribution is 7.10. The van der Waals surface area contributed by atoms with Crippen molar-refractivity contribution in [2.45, 2.75) is 57.0 Å². The molecule has 3 saturated heterocycles. The number of pyridine rings is 1. The van der Waals surface area contributed by atoms with Gasteiger partial charge in [-0.15, -0.1) is 5.10 Å². The second-order valence-electron chi connectivity index (χ2n) is 10.6. The van der Waals surface area contributed by atoms with E-state index in [1.165, 1.54) is 32.4 Å². The van der Waals surface area contributed by atoms with E-state index < -0.39 is 0 Å². The number of fused-ring (bicyclic) bond motifs is 4. The van der Waals surface area contributed by atoms with E-state index in [1.54, 1.807) is 17.0 Å². The van der Waals surface area contributed by atoms with Gasteiger partial charge in [0, 0.05) is 68.0 Å². The Bertz CT molecular complexity index is 1180. The van der Waals surface area contributed by atoms with Crippen molar-refractivity contribution in [1.29, 1.82) is 0 Å². The molecule has 2 atom stereocenters. The molecule has 1 N–H and O–H groups in total. The van der Waals surface area contributed by atoms with E-state index in [2.05, 4.69) is 19.8 Å². The lowest BCUT2D eigenvalue weighted by Gasteiger charge is -2.42. The molecule has 6 rings (SSSR count). The summed E-state index contributed by atoms with van der Waals surface area (Å²) in [5.74, 6) is 0.225. The van der Waals surface area contributed by atoms with Gasteiger partial charge >= 0.3 is 6.03 Å². The van der Waals surface area contributed by atoms with E-state index in [1.807, 2.05) is 15.5 Å². The summed E-state index contributed by atoms with van der Waals surface area (Å²) in [4.78, 5) is 45.0. The third-order valence-electron chi connectivity index (χ3n) is 8.34. The number of nitrogens with zero attached hydrogens (tertiary/aromatic N) is 6. The van der Waals surface area contributed by atoms with Gasteiger partial charge in [-0.25, -0.2) is 4.79 Å². The summed E-state index contributed by atoms with van der Waals surface area (Å²) in [6.07, 6.45) is 6.81. The maximum Gasteiger partial charge on any atom is 0.322 e. The van der Waals surface area contributed by atoms with Gasteiger partial charge in [-0.1, -0.05) is 17.0 Å². The largest absolute Gasteiger partial charge is 0.337 e. The second-order valence-corrected chi connectivity index (χ2v) is 11.4. The first-order chi connectivity index (χ1) is 17.6. The molecular weight excluding hydrogens is 478 g/mol. The van der Waals surface area contributed by atoms with E-state index in [-0.39, 0.29) is 35.0 Å². The molecule has 4 aliphatic heterocycles. The molecule has 36 heavy (non-hydrogen) atoms. The molecule has 0 saturated carbocycles. The number of hydrogen-bond donors (Lipinski definition) is 1. The third kappa shape index (κ3) is 4.54. The molecule has 3 amide bonds. The van der Waals surface area contributed by atoms with Gasteiger partial charge in [-0.2, -0.15) is 0 Å². The zero-order chi connectivity index (χ0) is 24.6. The molecule has 11 heteroatoms. The van der Waals surface area contributed by atoms with Gasteiger partial charge in [-0.05, 0) is 57.2 Å². The zero-order valence-electron chi connectivity index (χ0n) is 20.5. The van der Waals surface area contributed by atoms with Crippen LogP contribution in [0.4, 0.5) is 9.80 Å². The fraction of sp³-hybridized carbons (Fsp3) is 0.640. The Morgan fingerprint density at radius 1 is 0.972 bits per heavy atom. The predicted octanol–water partition coefficient (Wildman–Crippen LogP) is 2.44. The van der Waals surface area contributed by atoms with E-state index >= 15 is 0 Å². The molecule has 2 aromatic rings. The van der Waals surface area contributed by atoms with Crippen LogP contribution in [0.2, 0.25) is 0 Å². The van der Waals surface area contributed by atoms with Crippen LogP contribution in [0.1, 0.15) is 60.6 Å². The minimum absolute atomic E-state index is 0.0268. The normalized spacial score (nSPS) is 24.9. The Labute approximate surface area is 214 Å². The van der Waals surface area contributed by atoms with Crippen LogP contribution in [0, 0.1) is 5.92 Å². The van der Waals surface area contributed by atoms with Crippen molar-refractivity contribution in [2.75, 3.05) is 44.6 Å². The topological polar surface area (TPSA) is 104 Å². The van der Waals surface area contributed by atoms with Crippen molar-refractivity contribution in [3.63, 3.8) is 0 Å². The number of piperidine rings is 3. The summed E-state index contributed by atoms with van der Waals surface area (Å²) in [5.41, 5.74) is 1.26. The molecule has 0 aromatic carbocycles. The van der Waals surface area contributed by atoms with Crippen LogP contribution < -0.4 is 10.9 Å². The molecular formula is C25H33N7O3S. The van der Waals surface area contributed by atoms with Gasteiger partial charge in [-0.3, -0.25) is 14.9 Å². The van der Waals surface area contributed by atoms with Crippen molar-refractivity contribution in [3.8, 4) is 0 Å². The number of carbonyl (C=O) groups excluding carboxylic acids is 2. The number of nitrogens with one attached hydrogen (secondary N) is 1. The highest BCUT2D eigenvalue weighted by Crippen LogP contribution is 2.35. The molecule has 3 fully saturated rings. The number of carbonyl (C=O) groups is 2. The van der Waals surface area contributed by atoms with Crippen molar-refractivity contribution < 1.29 is 9.59 Å². The molecule has 6 heterocycles. The Morgan fingerprint density at radius 3 is 2.58 bits per heavy atom. The van der Waals surface area contributed by atoms with Crippen LogP contribution >= 0.6 is 11.5 Å². The van der Waals surface area contributed by atoms with Crippen molar-refractivity contribution in [3.05, 3.63) is 39.9 Å². The summed E-state index contributed by atoms with van der Waals surface area (Å²) >= 11 is 1.05. The number of amides is 3. The summed E-state index contributed by atoms with van der Waals surface area (Å²) in [6, 6.07) is 5.70. The summed E-state index contributed by atoms with van der Waals surface area (Å²) in [6.45, 7) is 5.53. The Hall–Kier alpha value is -2.79. The van der Waals surface area contributed by atoms with Gasteiger partial charge in [0.2, 0.25) is 0 Å². The average molecular weight is 512 g/mol. The van der Waals surface area contributed by atoms with Gasteiger partial charge in [0.25, 0.3) is 11.5 Å². The summed E-state index contributed by atoms with van der Waals surface area (Å²) in [5, 5.41) is 7.42. The molecule has 0 unspecified atom stereocenters. The number of hydrogen-bond acceptors (Lipinski definition) is 7. The molecule has 192 valence electrons. The van der Waals surface area contributed by atoms with Crippen molar-refractivity contribution in [2.24, 2.45) is 5.92 Å². The first-order valence-corrected chi connectivity index (χ1v) is 14.0. The monoisotopic (exact) mass is 511 g/mol. The minimum atomic E-state index is -0.236. The molecule has 2 bridgehead atoms. The minimum Gasteiger partial charge on any atom is -0.337 e. The van der Waals surface area contributed by atoms with Crippen LogP contribution in [0.25, 0.3) is 0 Å². The number of urea groups is 1. The first-order valence-electron chi connectivity index (χ1n) is 13.2. The lowest BCUT2D eigenvalue weighted by Crippen LogP contribution is -2.50. The lowest BCUT2D eigenvalue weighted by atomic mass is 9.83. The quantitative estimate of drug-likeness (QED) is 0.679. The van der Waals surface area contributed by atoms with E-state index in [4.69, 9.17) is 0 Å². The lowest BCUT2D eigenvalue weighted by molar-refractivity contribution is 0.0585. The fourth-order valence-corrected chi connectivity index (χ4v) is 7.07. The highest BCUT2D eigenvalue weighted by atomic mass is 32.1. The van der Waals surface area contributed by atoms with Crippen molar-refractivity contribution in [1.82, 2.24) is 28.9 Å². The Morgan fingerprint density at radius 2 is 1.78 bits per heavy atom. The molecule has 2 aromatic heterocycles. The second kappa shape index (κ2) is 9.93. The Kier molecular flexibility index (Phi) is 6.51. The molecule has 10 nitrogen and oxygen atoms in total. The number of likely N-dealkylation sites (tertiary alicyclic amines) is 3. The average Bonchev–Trinajstić information content (AvgIpc) is 3.37. The van der Waals surface area contributed by atoms with Crippen LogP contribution in [-0.4, -0.2) is 86.1 Å². The predicted molar refractivity (Wildman–Crippen MR) is 136 cm³/mol. The maximum absolute atomic E-state index is 13.3. The van der Waals surface area contributed by atoms with Crippen LogP contribution in [0.15, 0.2) is 23.0 Å². The molecule has 4 aliphatic rings. The van der Waals surface area contributed by atoms with Gasteiger partial charge in [0.1, 0.15) is 0 Å². The standard InChI is InChI=1S/C25H33N7O3S/c33-21-6-4-5-20-18-13-17(15-32(20)21)14-31(16-18)25(35)26-23-22(27-28-36-23)24(34)30-11-7-19(8-12-30)29-9-2-1-3-10-29/h4-6,17-19H,1-3,7-16H2,(H,26,35)/t17-,18+/m1/s1. The zero-order valence-corrected chi connectivity index (χ0v) is 21.3. The van der Waals surface area contributed by atoms with Gasteiger partial charge in [0.05, 0.1) is 0 Å². The molecule has 0 spiro atoms.